The Morgan fingerprint density at radius 3 is 2.45 bits per heavy atom. The Kier molecular flexibility index (Phi) is 4.57. The molecule has 0 fully saturated rings. The Labute approximate surface area is 124 Å². The minimum atomic E-state index is -0.609. The van der Waals surface area contributed by atoms with E-state index in [1.165, 1.54) is 6.07 Å². The third kappa shape index (κ3) is 3.96. The Morgan fingerprint density at radius 2 is 1.80 bits per heavy atom. The van der Waals surface area contributed by atoms with Gasteiger partial charge in [-0.3, -0.25) is 0 Å². The summed E-state index contributed by atoms with van der Waals surface area (Å²) in [5, 5.41) is 5.57. The van der Waals surface area contributed by atoms with Crippen molar-refractivity contribution in [2.24, 2.45) is 5.73 Å². The minimum Gasteiger partial charge on any atom is -0.381 e. The molecule has 2 aromatic rings. The summed E-state index contributed by atoms with van der Waals surface area (Å²) >= 11 is 3.31. The number of urea groups is 1. The van der Waals surface area contributed by atoms with Crippen molar-refractivity contribution in [2.45, 2.75) is 6.54 Å². The molecule has 0 aliphatic heterocycles. The number of halogens is 2. The SMILES string of the molecule is NC(=O)Nc1ccc(NCc2cc(Br)ccc2F)cc1. The van der Waals surface area contributed by atoms with Gasteiger partial charge in [0.2, 0.25) is 0 Å². The van der Waals surface area contributed by atoms with Crippen LogP contribution in [0.2, 0.25) is 0 Å². The van der Waals surface area contributed by atoms with Gasteiger partial charge in [-0.2, -0.15) is 0 Å². The first-order valence-electron chi connectivity index (χ1n) is 5.89. The van der Waals surface area contributed by atoms with Crippen molar-refractivity contribution < 1.29 is 9.18 Å². The zero-order valence-electron chi connectivity index (χ0n) is 10.5. The molecule has 2 rings (SSSR count). The third-order valence-electron chi connectivity index (χ3n) is 2.64. The quantitative estimate of drug-likeness (QED) is 0.796. The Hall–Kier alpha value is -2.08. The number of amides is 2. The molecule has 0 heterocycles. The number of anilines is 2. The molecule has 4 N–H and O–H groups in total. The highest BCUT2D eigenvalue weighted by atomic mass is 79.9. The fourth-order valence-corrected chi connectivity index (χ4v) is 2.10. The first kappa shape index (κ1) is 14.3. The van der Waals surface area contributed by atoms with Gasteiger partial charge in [0, 0.05) is 28.0 Å². The van der Waals surface area contributed by atoms with E-state index in [0.717, 1.165) is 10.2 Å². The smallest absolute Gasteiger partial charge is 0.316 e. The van der Waals surface area contributed by atoms with Crippen LogP contribution in [0.15, 0.2) is 46.9 Å². The number of nitrogens with one attached hydrogen (secondary N) is 2. The molecule has 0 aliphatic carbocycles. The lowest BCUT2D eigenvalue weighted by Gasteiger charge is -2.09. The Balaban J connectivity index is 2.00. The zero-order chi connectivity index (χ0) is 14.5. The molecule has 104 valence electrons. The summed E-state index contributed by atoms with van der Waals surface area (Å²) in [6.45, 7) is 0.369. The summed E-state index contributed by atoms with van der Waals surface area (Å²) in [4.78, 5) is 10.7. The number of benzene rings is 2. The number of rotatable bonds is 4. The van der Waals surface area contributed by atoms with E-state index in [-0.39, 0.29) is 5.82 Å². The first-order valence-corrected chi connectivity index (χ1v) is 6.68. The lowest BCUT2D eigenvalue weighted by molar-refractivity contribution is 0.259. The second-order valence-electron chi connectivity index (χ2n) is 4.16. The van der Waals surface area contributed by atoms with Crippen LogP contribution in [0.1, 0.15) is 5.56 Å². The van der Waals surface area contributed by atoms with Gasteiger partial charge in [0.05, 0.1) is 0 Å². The summed E-state index contributed by atoms with van der Waals surface area (Å²) in [6, 6.07) is 11.2. The van der Waals surface area contributed by atoms with E-state index in [2.05, 4.69) is 26.6 Å². The van der Waals surface area contributed by atoms with E-state index in [0.29, 0.717) is 17.8 Å². The molecule has 0 spiro atoms. The normalized spacial score (nSPS) is 10.1. The highest BCUT2D eigenvalue weighted by molar-refractivity contribution is 9.10. The minimum absolute atomic E-state index is 0.257. The fourth-order valence-electron chi connectivity index (χ4n) is 1.69. The number of nitrogens with two attached hydrogens (primary N) is 1. The van der Waals surface area contributed by atoms with E-state index in [1.54, 1.807) is 36.4 Å². The van der Waals surface area contributed by atoms with E-state index < -0.39 is 6.03 Å². The Morgan fingerprint density at radius 1 is 1.15 bits per heavy atom. The van der Waals surface area contributed by atoms with Crippen molar-refractivity contribution >= 4 is 33.3 Å². The second-order valence-corrected chi connectivity index (χ2v) is 5.07. The molecule has 0 aliphatic rings. The molecule has 6 heteroatoms. The number of carbonyl (C=O) groups excluding carboxylic acids is 1. The summed E-state index contributed by atoms with van der Waals surface area (Å²) in [5.74, 6) is -0.257. The maximum Gasteiger partial charge on any atom is 0.316 e. The van der Waals surface area contributed by atoms with Crippen LogP contribution in [0.4, 0.5) is 20.6 Å². The number of hydrogen-bond donors (Lipinski definition) is 3. The molecule has 0 aromatic heterocycles. The average Bonchev–Trinajstić information content (AvgIpc) is 2.41. The third-order valence-corrected chi connectivity index (χ3v) is 3.14. The molecule has 0 saturated carbocycles. The molecule has 0 atom stereocenters. The van der Waals surface area contributed by atoms with Gasteiger partial charge < -0.3 is 16.4 Å². The van der Waals surface area contributed by atoms with Crippen LogP contribution < -0.4 is 16.4 Å². The fraction of sp³-hybridized carbons (Fsp3) is 0.0714. The van der Waals surface area contributed by atoms with Crippen LogP contribution in [-0.2, 0) is 6.54 Å². The lowest BCUT2D eigenvalue weighted by Crippen LogP contribution is -2.19. The maximum absolute atomic E-state index is 13.6. The molecule has 20 heavy (non-hydrogen) atoms. The van der Waals surface area contributed by atoms with Crippen LogP contribution >= 0.6 is 15.9 Å². The lowest BCUT2D eigenvalue weighted by atomic mass is 10.2. The van der Waals surface area contributed by atoms with Gasteiger partial charge in [-0.1, -0.05) is 15.9 Å². The van der Waals surface area contributed by atoms with Crippen molar-refractivity contribution in [1.29, 1.82) is 0 Å². The van der Waals surface area contributed by atoms with Crippen LogP contribution in [0.5, 0.6) is 0 Å². The van der Waals surface area contributed by atoms with Crippen LogP contribution in [0, 0.1) is 5.82 Å². The highest BCUT2D eigenvalue weighted by Gasteiger charge is 2.03. The summed E-state index contributed by atoms with van der Waals surface area (Å²) in [6.07, 6.45) is 0. The first-order chi connectivity index (χ1) is 9.54. The van der Waals surface area contributed by atoms with Gasteiger partial charge in [-0.15, -0.1) is 0 Å². The predicted molar refractivity (Wildman–Crippen MR) is 81.1 cm³/mol. The van der Waals surface area contributed by atoms with Gasteiger partial charge in [-0.25, -0.2) is 9.18 Å². The average molecular weight is 338 g/mol. The van der Waals surface area contributed by atoms with Crippen molar-refractivity contribution in [1.82, 2.24) is 0 Å². The zero-order valence-corrected chi connectivity index (χ0v) is 12.1. The number of primary amides is 1. The van der Waals surface area contributed by atoms with Crippen LogP contribution in [0.3, 0.4) is 0 Å². The molecule has 0 bridgehead atoms. The van der Waals surface area contributed by atoms with E-state index in [9.17, 15) is 9.18 Å². The van der Waals surface area contributed by atoms with Gasteiger partial charge in [0.25, 0.3) is 0 Å². The van der Waals surface area contributed by atoms with Crippen molar-refractivity contribution in [3.8, 4) is 0 Å². The van der Waals surface area contributed by atoms with E-state index >= 15 is 0 Å². The second kappa shape index (κ2) is 6.38. The molecular formula is C14H13BrFN3O. The van der Waals surface area contributed by atoms with E-state index in [4.69, 9.17) is 5.73 Å². The van der Waals surface area contributed by atoms with Crippen molar-refractivity contribution in [2.75, 3.05) is 10.6 Å². The van der Waals surface area contributed by atoms with Crippen LogP contribution in [0.25, 0.3) is 0 Å². The van der Waals surface area contributed by atoms with E-state index in [1.807, 2.05) is 0 Å². The number of hydrogen-bond acceptors (Lipinski definition) is 2. The molecule has 0 unspecified atom stereocenters. The molecule has 0 saturated heterocycles. The molecule has 4 nitrogen and oxygen atoms in total. The summed E-state index contributed by atoms with van der Waals surface area (Å²) in [7, 11) is 0. The van der Waals surface area contributed by atoms with Gasteiger partial charge in [0.15, 0.2) is 0 Å². The molecule has 2 aromatic carbocycles. The van der Waals surface area contributed by atoms with Gasteiger partial charge >= 0.3 is 6.03 Å². The molecule has 0 radical (unpaired) electrons. The molecular weight excluding hydrogens is 325 g/mol. The topological polar surface area (TPSA) is 67.2 Å². The number of carbonyl (C=O) groups is 1. The highest BCUT2D eigenvalue weighted by Crippen LogP contribution is 2.18. The largest absolute Gasteiger partial charge is 0.381 e. The monoisotopic (exact) mass is 337 g/mol. The summed E-state index contributed by atoms with van der Waals surface area (Å²) < 4.78 is 14.4. The van der Waals surface area contributed by atoms with Crippen molar-refractivity contribution in [3.63, 3.8) is 0 Å². The van der Waals surface area contributed by atoms with Crippen molar-refractivity contribution in [3.05, 3.63) is 58.3 Å². The predicted octanol–water partition coefficient (Wildman–Crippen LogP) is 3.69. The standard InChI is InChI=1S/C14H13BrFN3O/c15-10-1-6-13(16)9(7-10)8-18-11-2-4-12(5-3-11)19-14(17)20/h1-7,18H,8H2,(H3,17,19,20). The van der Waals surface area contributed by atoms with Crippen LogP contribution in [-0.4, -0.2) is 6.03 Å². The van der Waals surface area contributed by atoms with Gasteiger partial charge in [-0.05, 0) is 42.5 Å². The maximum atomic E-state index is 13.6. The summed E-state index contributed by atoms with van der Waals surface area (Å²) in [5.41, 5.74) is 7.01. The molecule has 2 amide bonds. The Bertz CT molecular complexity index is 616. The van der Waals surface area contributed by atoms with Gasteiger partial charge in [0.1, 0.15) is 5.82 Å².